The second-order valence-corrected chi connectivity index (χ2v) is 10.5. The zero-order valence-electron chi connectivity index (χ0n) is 22.6. The van der Waals surface area contributed by atoms with E-state index in [1.807, 2.05) is 81.4 Å². The van der Waals surface area contributed by atoms with Gasteiger partial charge in [-0.2, -0.15) is 0 Å². The summed E-state index contributed by atoms with van der Waals surface area (Å²) in [6.45, 7) is 6.20. The van der Waals surface area contributed by atoms with Crippen molar-refractivity contribution >= 4 is 29.3 Å². The van der Waals surface area contributed by atoms with Crippen molar-refractivity contribution in [2.45, 2.75) is 38.5 Å². The number of carbonyl (C=O) groups excluding carboxylic acids is 2. The van der Waals surface area contributed by atoms with E-state index in [2.05, 4.69) is 15.3 Å². The number of nitrogens with zero attached hydrogens (tertiary/aromatic N) is 3. The maximum absolute atomic E-state index is 14.0. The fourth-order valence-corrected chi connectivity index (χ4v) is 5.39. The number of carbonyl (C=O) groups is 2. The van der Waals surface area contributed by atoms with E-state index in [1.165, 1.54) is 11.8 Å². The molecule has 5 rings (SSSR count). The van der Waals surface area contributed by atoms with Crippen molar-refractivity contribution in [3.63, 3.8) is 0 Å². The fraction of sp³-hybridized carbons (Fsp3) is 0.226. The minimum Gasteiger partial charge on any atom is -0.454 e. The predicted octanol–water partition coefficient (Wildman–Crippen LogP) is 5.63. The molecule has 1 aliphatic heterocycles. The number of anilines is 1. The van der Waals surface area contributed by atoms with Crippen molar-refractivity contribution < 1.29 is 19.1 Å². The lowest BCUT2D eigenvalue weighted by Crippen LogP contribution is -2.42. The van der Waals surface area contributed by atoms with Crippen LogP contribution in [0.2, 0.25) is 0 Å². The minimum absolute atomic E-state index is 0.0788. The van der Waals surface area contributed by atoms with Crippen LogP contribution in [0.1, 0.15) is 34.1 Å². The van der Waals surface area contributed by atoms with Gasteiger partial charge in [0.15, 0.2) is 16.7 Å². The average molecular weight is 555 g/mol. The van der Waals surface area contributed by atoms with E-state index >= 15 is 0 Å². The van der Waals surface area contributed by atoms with E-state index in [9.17, 15) is 9.59 Å². The molecule has 4 aromatic rings. The Morgan fingerprint density at radius 3 is 2.35 bits per heavy atom. The maximum Gasteiger partial charge on any atom is 0.251 e. The van der Waals surface area contributed by atoms with Crippen LogP contribution in [0.4, 0.5) is 5.69 Å². The van der Waals surface area contributed by atoms with E-state index in [0.717, 1.165) is 22.5 Å². The summed E-state index contributed by atoms with van der Waals surface area (Å²) in [5, 5.41) is 3.53. The van der Waals surface area contributed by atoms with Crippen LogP contribution in [0.25, 0.3) is 0 Å². The van der Waals surface area contributed by atoms with Crippen LogP contribution >= 0.6 is 11.8 Å². The molecule has 0 saturated heterocycles. The topological polar surface area (TPSA) is 93.7 Å². The maximum atomic E-state index is 14.0. The van der Waals surface area contributed by atoms with Crippen molar-refractivity contribution in [1.82, 2.24) is 14.9 Å². The van der Waals surface area contributed by atoms with Gasteiger partial charge in [-0.25, -0.2) is 9.97 Å². The molecule has 0 spiro atoms. The molecule has 2 amide bonds. The Kier molecular flexibility index (Phi) is 8.31. The van der Waals surface area contributed by atoms with Gasteiger partial charge in [0, 0.05) is 29.7 Å². The van der Waals surface area contributed by atoms with Gasteiger partial charge < -0.3 is 19.7 Å². The molecule has 1 aliphatic rings. The summed E-state index contributed by atoms with van der Waals surface area (Å²) in [5.74, 6) is 0.729. The third kappa shape index (κ3) is 6.43. The molecule has 0 saturated carbocycles. The molecule has 0 unspecified atom stereocenters. The molecule has 9 heteroatoms. The molecular weight excluding hydrogens is 524 g/mol. The SMILES string of the molecule is Cc1cc(C)nc(SCC(=O)N(Cc2ccccc2C)[C@@H](C(=O)Nc2ccc3c(c2)OCO3)c2ccccc2)n1. The highest BCUT2D eigenvalue weighted by molar-refractivity contribution is 7.99. The van der Waals surface area contributed by atoms with Crippen molar-refractivity contribution in [2.75, 3.05) is 17.9 Å². The monoisotopic (exact) mass is 554 g/mol. The van der Waals surface area contributed by atoms with E-state index < -0.39 is 6.04 Å². The number of thioether (sulfide) groups is 1. The Hall–Kier alpha value is -4.37. The summed E-state index contributed by atoms with van der Waals surface area (Å²) < 4.78 is 10.9. The first-order valence-electron chi connectivity index (χ1n) is 12.9. The largest absolute Gasteiger partial charge is 0.454 e. The Labute approximate surface area is 237 Å². The first-order valence-corrected chi connectivity index (χ1v) is 13.9. The number of aryl methyl sites for hydroxylation is 3. The summed E-state index contributed by atoms with van der Waals surface area (Å²) in [6.07, 6.45) is 0. The molecule has 2 heterocycles. The highest BCUT2D eigenvalue weighted by Crippen LogP contribution is 2.35. The smallest absolute Gasteiger partial charge is 0.251 e. The second kappa shape index (κ2) is 12.2. The molecule has 8 nitrogen and oxygen atoms in total. The van der Waals surface area contributed by atoms with Gasteiger partial charge in [-0.05, 0) is 55.7 Å². The average Bonchev–Trinajstić information content (AvgIpc) is 3.40. The number of nitrogens with one attached hydrogen (secondary N) is 1. The number of ether oxygens (including phenoxy) is 2. The van der Waals surface area contributed by atoms with Crippen molar-refractivity contribution in [3.8, 4) is 11.5 Å². The number of amides is 2. The Bertz CT molecular complexity index is 1510. The number of rotatable bonds is 9. The van der Waals surface area contributed by atoms with Crippen LogP contribution in [0.3, 0.4) is 0 Å². The van der Waals surface area contributed by atoms with E-state index in [0.29, 0.717) is 27.9 Å². The normalized spacial score (nSPS) is 12.6. The van der Waals surface area contributed by atoms with E-state index in [4.69, 9.17) is 9.47 Å². The molecule has 1 N–H and O–H groups in total. The zero-order valence-corrected chi connectivity index (χ0v) is 23.4. The quantitative estimate of drug-likeness (QED) is 0.212. The Balaban J connectivity index is 1.48. The second-order valence-electron chi connectivity index (χ2n) is 9.54. The number of hydrogen-bond acceptors (Lipinski definition) is 7. The lowest BCUT2D eigenvalue weighted by molar-refractivity contribution is -0.137. The molecular formula is C31H30N4O4S. The standard InChI is InChI=1S/C31H30N4O4S/c1-20-9-7-8-12-24(20)17-35(28(36)18-40-31-32-21(2)15-22(3)33-31)29(23-10-5-4-6-11-23)30(37)34-25-13-14-26-27(16-25)39-19-38-26/h4-16,29H,17-19H2,1-3H3,(H,34,37)/t29-/m1/s1. The lowest BCUT2D eigenvalue weighted by atomic mass is 10.0. The van der Waals surface area contributed by atoms with E-state index in [-0.39, 0.29) is 30.9 Å². The lowest BCUT2D eigenvalue weighted by Gasteiger charge is -2.32. The van der Waals surface area contributed by atoms with Gasteiger partial charge in [0.2, 0.25) is 12.7 Å². The first kappa shape index (κ1) is 27.2. The first-order chi connectivity index (χ1) is 19.4. The molecule has 1 aromatic heterocycles. The van der Waals surface area contributed by atoms with Crippen molar-refractivity contribution in [3.05, 3.63) is 107 Å². The van der Waals surface area contributed by atoms with Gasteiger partial charge in [0.05, 0.1) is 5.75 Å². The van der Waals surface area contributed by atoms with E-state index in [1.54, 1.807) is 23.1 Å². The van der Waals surface area contributed by atoms with Crippen molar-refractivity contribution in [2.24, 2.45) is 0 Å². The molecule has 3 aromatic carbocycles. The Morgan fingerprint density at radius 1 is 0.900 bits per heavy atom. The highest BCUT2D eigenvalue weighted by Gasteiger charge is 2.32. The van der Waals surface area contributed by atoms with Crippen LogP contribution < -0.4 is 14.8 Å². The summed E-state index contributed by atoms with van der Waals surface area (Å²) >= 11 is 1.27. The van der Waals surface area contributed by atoms with Crippen LogP contribution in [-0.4, -0.2) is 39.2 Å². The molecule has 40 heavy (non-hydrogen) atoms. The molecule has 0 bridgehead atoms. The number of aromatic nitrogens is 2. The number of fused-ring (bicyclic) bond motifs is 1. The van der Waals surface area contributed by atoms with Crippen LogP contribution in [0.5, 0.6) is 11.5 Å². The summed E-state index contributed by atoms with van der Waals surface area (Å²) in [4.78, 5) is 38.5. The minimum atomic E-state index is -0.889. The van der Waals surface area contributed by atoms with Crippen LogP contribution in [0, 0.1) is 20.8 Å². The van der Waals surface area contributed by atoms with Gasteiger partial charge in [0.25, 0.3) is 5.91 Å². The molecule has 0 radical (unpaired) electrons. The van der Waals surface area contributed by atoms with Crippen molar-refractivity contribution in [1.29, 1.82) is 0 Å². The van der Waals surface area contributed by atoms with Crippen LogP contribution in [0.15, 0.2) is 84.0 Å². The highest BCUT2D eigenvalue weighted by atomic mass is 32.2. The Morgan fingerprint density at radius 2 is 1.60 bits per heavy atom. The number of benzene rings is 3. The molecule has 204 valence electrons. The van der Waals surface area contributed by atoms with Gasteiger partial charge >= 0.3 is 0 Å². The zero-order chi connectivity index (χ0) is 28.1. The number of hydrogen-bond donors (Lipinski definition) is 1. The summed E-state index contributed by atoms with van der Waals surface area (Å²) in [5.41, 5.74) is 4.93. The van der Waals surface area contributed by atoms with Gasteiger partial charge in [-0.15, -0.1) is 0 Å². The third-order valence-electron chi connectivity index (χ3n) is 6.52. The molecule has 1 atom stereocenters. The fourth-order valence-electron chi connectivity index (χ4n) is 4.55. The van der Waals surface area contributed by atoms with Gasteiger partial charge in [-0.3, -0.25) is 9.59 Å². The summed E-state index contributed by atoms with van der Waals surface area (Å²) in [6, 6.07) is 23.5. The van der Waals surface area contributed by atoms with Gasteiger partial charge in [0.1, 0.15) is 6.04 Å². The molecule has 0 fully saturated rings. The predicted molar refractivity (Wildman–Crippen MR) is 154 cm³/mol. The molecule has 0 aliphatic carbocycles. The summed E-state index contributed by atoms with van der Waals surface area (Å²) in [7, 11) is 0. The van der Waals surface area contributed by atoms with Crippen LogP contribution in [-0.2, 0) is 16.1 Å². The van der Waals surface area contributed by atoms with Gasteiger partial charge in [-0.1, -0.05) is 66.4 Å². The third-order valence-corrected chi connectivity index (χ3v) is 7.36.